The summed E-state index contributed by atoms with van der Waals surface area (Å²) >= 11 is 0. The van der Waals surface area contributed by atoms with Crippen LogP contribution in [0.2, 0.25) is 0 Å². The number of piperidine rings is 1. The smallest absolute Gasteiger partial charge is 0.123 e. The zero-order chi connectivity index (χ0) is 10.7. The van der Waals surface area contributed by atoms with Gasteiger partial charge in [-0.15, -0.1) is 12.4 Å². The Balaban J connectivity index is 0.00000128. The summed E-state index contributed by atoms with van der Waals surface area (Å²) in [5, 5.41) is 3.31. The number of hydrogen-bond donors (Lipinski definition) is 2. The van der Waals surface area contributed by atoms with Crippen molar-refractivity contribution in [1.29, 1.82) is 0 Å². The number of halogens is 2. The summed E-state index contributed by atoms with van der Waals surface area (Å²) in [5.74, 6) is 0.327. The Hall–Kier alpha value is -0.640. The lowest BCUT2D eigenvalue weighted by molar-refractivity contribution is 0.322. The number of nitrogens with two attached hydrogens (primary N) is 1. The number of benzene rings is 1. The Bertz CT molecular complexity index is 309. The van der Waals surface area contributed by atoms with Crippen molar-refractivity contribution < 1.29 is 4.39 Å². The van der Waals surface area contributed by atoms with E-state index >= 15 is 0 Å². The van der Waals surface area contributed by atoms with Crippen LogP contribution >= 0.6 is 12.4 Å². The second-order valence-electron chi connectivity index (χ2n) is 4.16. The largest absolute Gasteiger partial charge is 0.324 e. The van der Waals surface area contributed by atoms with Gasteiger partial charge < -0.3 is 11.1 Å². The van der Waals surface area contributed by atoms with Crippen LogP contribution in [0.4, 0.5) is 4.39 Å². The minimum atomic E-state index is -0.198. The zero-order valence-corrected chi connectivity index (χ0v) is 9.97. The Kier molecular flexibility index (Phi) is 5.19. The van der Waals surface area contributed by atoms with Gasteiger partial charge in [-0.2, -0.15) is 0 Å². The summed E-state index contributed by atoms with van der Waals surface area (Å²) in [6.07, 6.45) is 2.22. The molecule has 0 unspecified atom stereocenters. The topological polar surface area (TPSA) is 38.0 Å². The van der Waals surface area contributed by atoms with Gasteiger partial charge >= 0.3 is 0 Å². The lowest BCUT2D eigenvalue weighted by Crippen LogP contribution is -2.33. The average Bonchev–Trinajstić information content (AvgIpc) is 2.30. The van der Waals surface area contributed by atoms with E-state index in [2.05, 4.69) is 5.32 Å². The Morgan fingerprint density at radius 3 is 2.31 bits per heavy atom. The van der Waals surface area contributed by atoms with E-state index in [-0.39, 0.29) is 24.3 Å². The minimum Gasteiger partial charge on any atom is -0.324 e. The standard InChI is InChI=1S/C12H17FN2.ClH/c13-11-3-1-9(2-4-11)12(14)10-5-7-15-8-6-10;/h1-4,10,12,15H,5-8,14H2;1H/t12-;/m0./s1. The summed E-state index contributed by atoms with van der Waals surface area (Å²) in [7, 11) is 0. The van der Waals surface area contributed by atoms with Crippen LogP contribution < -0.4 is 11.1 Å². The molecule has 1 fully saturated rings. The SMILES string of the molecule is Cl.N[C@@H](c1ccc(F)cc1)C1CCNCC1. The van der Waals surface area contributed by atoms with E-state index in [1.54, 1.807) is 12.1 Å². The van der Waals surface area contributed by atoms with E-state index in [1.165, 1.54) is 12.1 Å². The van der Waals surface area contributed by atoms with Gasteiger partial charge in [0, 0.05) is 6.04 Å². The van der Waals surface area contributed by atoms with Crippen molar-refractivity contribution in [3.05, 3.63) is 35.6 Å². The first-order chi connectivity index (χ1) is 7.27. The van der Waals surface area contributed by atoms with Gasteiger partial charge in [0.25, 0.3) is 0 Å². The van der Waals surface area contributed by atoms with Crippen LogP contribution in [0.15, 0.2) is 24.3 Å². The molecule has 1 aliphatic heterocycles. The molecular weight excluding hydrogens is 227 g/mol. The molecule has 0 aliphatic carbocycles. The van der Waals surface area contributed by atoms with Crippen LogP contribution in [0, 0.1) is 11.7 Å². The molecule has 16 heavy (non-hydrogen) atoms. The molecule has 1 saturated heterocycles. The maximum absolute atomic E-state index is 12.7. The molecule has 1 atom stereocenters. The average molecular weight is 245 g/mol. The lowest BCUT2D eigenvalue weighted by atomic mass is 9.87. The lowest BCUT2D eigenvalue weighted by Gasteiger charge is -2.28. The van der Waals surface area contributed by atoms with E-state index in [0.29, 0.717) is 5.92 Å². The first kappa shape index (κ1) is 13.4. The molecule has 2 nitrogen and oxygen atoms in total. The molecule has 0 amide bonds. The number of rotatable bonds is 2. The normalized spacial score (nSPS) is 18.9. The molecule has 2 rings (SSSR count). The molecule has 0 spiro atoms. The van der Waals surface area contributed by atoms with Crippen molar-refractivity contribution in [2.45, 2.75) is 18.9 Å². The minimum absolute atomic E-state index is 0. The Labute approximate surface area is 102 Å². The van der Waals surface area contributed by atoms with Crippen molar-refractivity contribution in [3.63, 3.8) is 0 Å². The Morgan fingerprint density at radius 2 is 1.75 bits per heavy atom. The summed E-state index contributed by atoms with van der Waals surface area (Å²) in [6.45, 7) is 2.08. The summed E-state index contributed by atoms with van der Waals surface area (Å²) in [4.78, 5) is 0. The second kappa shape index (κ2) is 6.18. The van der Waals surface area contributed by atoms with Crippen molar-refractivity contribution in [3.8, 4) is 0 Å². The summed E-state index contributed by atoms with van der Waals surface area (Å²) < 4.78 is 12.7. The van der Waals surface area contributed by atoms with Crippen LogP contribution in [-0.2, 0) is 0 Å². The first-order valence-electron chi connectivity index (χ1n) is 5.49. The van der Waals surface area contributed by atoms with Gasteiger partial charge in [-0.1, -0.05) is 12.1 Å². The van der Waals surface area contributed by atoms with E-state index in [1.807, 2.05) is 0 Å². The van der Waals surface area contributed by atoms with Crippen molar-refractivity contribution in [1.82, 2.24) is 5.32 Å². The van der Waals surface area contributed by atoms with E-state index in [4.69, 9.17) is 5.73 Å². The summed E-state index contributed by atoms with van der Waals surface area (Å²) in [6, 6.07) is 6.60. The van der Waals surface area contributed by atoms with Gasteiger partial charge in [0.1, 0.15) is 5.82 Å². The molecule has 0 aromatic heterocycles. The van der Waals surface area contributed by atoms with Gasteiger partial charge in [-0.25, -0.2) is 4.39 Å². The molecule has 0 radical (unpaired) electrons. The van der Waals surface area contributed by atoms with E-state index < -0.39 is 0 Å². The molecule has 90 valence electrons. The van der Waals surface area contributed by atoms with Crippen LogP contribution in [0.5, 0.6) is 0 Å². The highest BCUT2D eigenvalue weighted by Crippen LogP contribution is 2.26. The quantitative estimate of drug-likeness (QED) is 0.838. The number of nitrogens with one attached hydrogen (secondary N) is 1. The highest BCUT2D eigenvalue weighted by atomic mass is 35.5. The fraction of sp³-hybridized carbons (Fsp3) is 0.500. The molecular formula is C12H18ClFN2. The highest BCUT2D eigenvalue weighted by molar-refractivity contribution is 5.85. The molecule has 0 bridgehead atoms. The molecule has 0 saturated carbocycles. The maximum atomic E-state index is 12.7. The molecule has 1 aromatic rings. The van der Waals surface area contributed by atoms with Crippen LogP contribution in [0.1, 0.15) is 24.4 Å². The van der Waals surface area contributed by atoms with E-state index in [9.17, 15) is 4.39 Å². The Morgan fingerprint density at radius 1 is 1.19 bits per heavy atom. The second-order valence-corrected chi connectivity index (χ2v) is 4.16. The fourth-order valence-corrected chi connectivity index (χ4v) is 2.16. The fourth-order valence-electron chi connectivity index (χ4n) is 2.16. The van der Waals surface area contributed by atoms with Gasteiger partial charge in [0.15, 0.2) is 0 Å². The van der Waals surface area contributed by atoms with Gasteiger partial charge in [-0.05, 0) is 49.5 Å². The summed E-state index contributed by atoms with van der Waals surface area (Å²) in [5.41, 5.74) is 7.21. The van der Waals surface area contributed by atoms with Crippen LogP contribution in [-0.4, -0.2) is 13.1 Å². The maximum Gasteiger partial charge on any atom is 0.123 e. The molecule has 4 heteroatoms. The first-order valence-corrected chi connectivity index (χ1v) is 5.49. The van der Waals surface area contributed by atoms with Crippen LogP contribution in [0.3, 0.4) is 0 Å². The van der Waals surface area contributed by atoms with Crippen molar-refractivity contribution in [2.24, 2.45) is 11.7 Å². The highest BCUT2D eigenvalue weighted by Gasteiger charge is 2.21. The van der Waals surface area contributed by atoms with Gasteiger partial charge in [-0.3, -0.25) is 0 Å². The third-order valence-electron chi connectivity index (χ3n) is 3.15. The third-order valence-corrected chi connectivity index (χ3v) is 3.15. The van der Waals surface area contributed by atoms with Crippen molar-refractivity contribution >= 4 is 12.4 Å². The predicted molar refractivity (Wildman–Crippen MR) is 66.2 cm³/mol. The zero-order valence-electron chi connectivity index (χ0n) is 9.16. The third kappa shape index (κ3) is 3.17. The molecule has 1 aliphatic rings. The number of hydrogen-bond acceptors (Lipinski definition) is 2. The predicted octanol–water partition coefficient (Wildman–Crippen LogP) is 2.25. The molecule has 1 heterocycles. The molecule has 1 aromatic carbocycles. The van der Waals surface area contributed by atoms with Crippen LogP contribution in [0.25, 0.3) is 0 Å². The van der Waals surface area contributed by atoms with Gasteiger partial charge in [0.2, 0.25) is 0 Å². The monoisotopic (exact) mass is 244 g/mol. The molecule has 3 N–H and O–H groups in total. The van der Waals surface area contributed by atoms with E-state index in [0.717, 1.165) is 31.5 Å². The van der Waals surface area contributed by atoms with Gasteiger partial charge in [0.05, 0.1) is 0 Å². The van der Waals surface area contributed by atoms with Crippen molar-refractivity contribution in [2.75, 3.05) is 13.1 Å².